The monoisotopic (exact) mass is 412 g/mol. The van der Waals surface area contributed by atoms with E-state index in [-0.39, 0.29) is 5.91 Å². The van der Waals surface area contributed by atoms with Gasteiger partial charge in [0.2, 0.25) is 5.91 Å². The second-order valence-electron chi connectivity index (χ2n) is 7.09. The Kier molecular flexibility index (Phi) is 5.55. The number of anilines is 1. The van der Waals surface area contributed by atoms with E-state index < -0.39 is 0 Å². The maximum atomic E-state index is 12.8. The van der Waals surface area contributed by atoms with Gasteiger partial charge in [-0.15, -0.1) is 11.3 Å². The standard InChI is InChI=1S/C21H24N4OS2/c1-14-6-4-5-7-17(14)24-8-10-25(11-9-24)18(26)12-27-20-19-15(2)16(3)28-21(19)23-13-22-20/h4-7,13H,8-12H2,1-3H3. The summed E-state index contributed by atoms with van der Waals surface area (Å²) in [5.41, 5.74) is 3.78. The number of thiophene rings is 1. The lowest BCUT2D eigenvalue weighted by Crippen LogP contribution is -2.49. The number of nitrogens with zero attached hydrogens (tertiary/aromatic N) is 4. The first-order valence-corrected chi connectivity index (χ1v) is 11.3. The van der Waals surface area contributed by atoms with Gasteiger partial charge in [-0.2, -0.15) is 0 Å². The first-order chi connectivity index (χ1) is 13.5. The van der Waals surface area contributed by atoms with Crippen LogP contribution < -0.4 is 4.90 Å². The number of rotatable bonds is 4. The van der Waals surface area contributed by atoms with Crippen molar-refractivity contribution in [2.45, 2.75) is 25.8 Å². The summed E-state index contributed by atoms with van der Waals surface area (Å²) in [4.78, 5) is 28.2. The quantitative estimate of drug-likeness (QED) is 0.478. The topological polar surface area (TPSA) is 49.3 Å². The Morgan fingerprint density at radius 2 is 1.86 bits per heavy atom. The van der Waals surface area contributed by atoms with Gasteiger partial charge in [0.15, 0.2) is 0 Å². The number of carbonyl (C=O) groups is 1. The van der Waals surface area contributed by atoms with E-state index in [1.54, 1.807) is 17.7 Å². The van der Waals surface area contributed by atoms with E-state index in [4.69, 9.17) is 0 Å². The molecule has 1 amide bonds. The lowest BCUT2D eigenvalue weighted by molar-refractivity contribution is -0.128. The zero-order valence-corrected chi connectivity index (χ0v) is 18.1. The SMILES string of the molecule is Cc1ccccc1N1CCN(C(=O)CSc2ncnc3sc(C)c(C)c23)CC1. The van der Waals surface area contributed by atoms with Gasteiger partial charge in [0.05, 0.1) is 5.75 Å². The molecule has 146 valence electrons. The third-order valence-corrected chi connectivity index (χ3v) is 7.44. The maximum Gasteiger partial charge on any atom is 0.233 e. The molecule has 4 rings (SSSR count). The lowest BCUT2D eigenvalue weighted by atomic mass is 10.1. The molecule has 28 heavy (non-hydrogen) atoms. The Morgan fingerprint density at radius 3 is 2.61 bits per heavy atom. The van der Waals surface area contributed by atoms with Crippen molar-refractivity contribution < 1.29 is 4.79 Å². The first kappa shape index (κ1) is 19.2. The zero-order chi connectivity index (χ0) is 19.7. The van der Waals surface area contributed by atoms with E-state index in [1.165, 1.54) is 33.5 Å². The first-order valence-electron chi connectivity index (χ1n) is 9.46. The van der Waals surface area contributed by atoms with Crippen molar-refractivity contribution in [1.29, 1.82) is 0 Å². The Bertz CT molecular complexity index is 1010. The minimum Gasteiger partial charge on any atom is -0.368 e. The van der Waals surface area contributed by atoms with Gasteiger partial charge in [0.25, 0.3) is 0 Å². The minimum atomic E-state index is 0.186. The highest BCUT2D eigenvalue weighted by Crippen LogP contribution is 2.34. The van der Waals surface area contributed by atoms with Crippen LogP contribution in [0.4, 0.5) is 5.69 Å². The van der Waals surface area contributed by atoms with Crippen LogP contribution >= 0.6 is 23.1 Å². The van der Waals surface area contributed by atoms with Crippen LogP contribution in [0.3, 0.4) is 0 Å². The van der Waals surface area contributed by atoms with Gasteiger partial charge in [-0.05, 0) is 38.0 Å². The van der Waals surface area contributed by atoms with Gasteiger partial charge in [-0.1, -0.05) is 30.0 Å². The molecule has 3 heterocycles. The molecule has 0 bridgehead atoms. The minimum absolute atomic E-state index is 0.186. The average molecular weight is 413 g/mol. The maximum absolute atomic E-state index is 12.8. The zero-order valence-electron chi connectivity index (χ0n) is 16.4. The van der Waals surface area contributed by atoms with Crippen molar-refractivity contribution in [2.24, 2.45) is 0 Å². The third-order valence-electron chi connectivity index (χ3n) is 5.35. The molecule has 1 aromatic carbocycles. The number of thioether (sulfide) groups is 1. The van der Waals surface area contributed by atoms with E-state index in [1.807, 2.05) is 4.90 Å². The molecule has 1 aliphatic heterocycles. The number of amides is 1. The summed E-state index contributed by atoms with van der Waals surface area (Å²) < 4.78 is 0. The lowest BCUT2D eigenvalue weighted by Gasteiger charge is -2.36. The number of para-hydroxylation sites is 1. The number of aromatic nitrogens is 2. The summed E-state index contributed by atoms with van der Waals surface area (Å²) >= 11 is 3.22. The molecular weight excluding hydrogens is 388 g/mol. The van der Waals surface area contributed by atoms with Crippen LogP contribution in [-0.2, 0) is 4.79 Å². The highest BCUT2D eigenvalue weighted by molar-refractivity contribution is 8.00. The van der Waals surface area contributed by atoms with Crippen LogP contribution in [0.2, 0.25) is 0 Å². The van der Waals surface area contributed by atoms with Crippen LogP contribution in [0, 0.1) is 20.8 Å². The van der Waals surface area contributed by atoms with Crippen LogP contribution in [-0.4, -0.2) is 52.7 Å². The van der Waals surface area contributed by atoms with Crippen LogP contribution in [0.5, 0.6) is 0 Å². The molecule has 5 nitrogen and oxygen atoms in total. The molecule has 1 aliphatic rings. The number of piperazine rings is 1. The summed E-state index contributed by atoms with van der Waals surface area (Å²) in [5.74, 6) is 0.607. The Morgan fingerprint density at radius 1 is 1.11 bits per heavy atom. The molecule has 0 radical (unpaired) electrons. The van der Waals surface area contributed by atoms with Gasteiger partial charge in [-0.3, -0.25) is 4.79 Å². The summed E-state index contributed by atoms with van der Waals surface area (Å²) in [6, 6.07) is 8.44. The normalized spacial score (nSPS) is 14.7. The Balaban J connectivity index is 1.38. The average Bonchev–Trinajstić information content (AvgIpc) is 3.01. The number of benzene rings is 1. The van der Waals surface area contributed by atoms with Crippen LogP contribution in [0.1, 0.15) is 16.0 Å². The fraction of sp³-hybridized carbons (Fsp3) is 0.381. The number of hydrogen-bond acceptors (Lipinski definition) is 6. The number of hydrogen-bond donors (Lipinski definition) is 0. The fourth-order valence-corrected chi connectivity index (χ4v) is 5.62. The molecule has 3 aromatic rings. The van der Waals surface area contributed by atoms with E-state index in [0.29, 0.717) is 5.75 Å². The van der Waals surface area contributed by atoms with Crippen LogP contribution in [0.25, 0.3) is 10.2 Å². The number of carbonyl (C=O) groups excluding carboxylic acids is 1. The summed E-state index contributed by atoms with van der Waals surface area (Å²) in [6.07, 6.45) is 1.60. The summed E-state index contributed by atoms with van der Waals surface area (Å²) in [5, 5.41) is 2.02. The molecule has 2 aromatic heterocycles. The van der Waals surface area contributed by atoms with Gasteiger partial charge >= 0.3 is 0 Å². The van der Waals surface area contributed by atoms with Gasteiger partial charge in [0.1, 0.15) is 16.2 Å². The molecular formula is C21H24N4OS2. The van der Waals surface area contributed by atoms with Gasteiger partial charge < -0.3 is 9.80 Å². The summed E-state index contributed by atoms with van der Waals surface area (Å²) in [7, 11) is 0. The Labute approximate surface area is 173 Å². The van der Waals surface area contributed by atoms with Gasteiger partial charge in [-0.25, -0.2) is 9.97 Å². The van der Waals surface area contributed by atoms with Crippen molar-refractivity contribution in [3.05, 3.63) is 46.6 Å². The van der Waals surface area contributed by atoms with Crippen molar-refractivity contribution in [3.63, 3.8) is 0 Å². The largest absolute Gasteiger partial charge is 0.368 e. The molecule has 1 saturated heterocycles. The molecule has 1 fully saturated rings. The highest BCUT2D eigenvalue weighted by Gasteiger charge is 2.22. The predicted molar refractivity (Wildman–Crippen MR) is 118 cm³/mol. The van der Waals surface area contributed by atoms with Crippen molar-refractivity contribution in [1.82, 2.24) is 14.9 Å². The molecule has 0 atom stereocenters. The van der Waals surface area contributed by atoms with E-state index in [9.17, 15) is 4.79 Å². The Hall–Kier alpha value is -2.12. The second-order valence-corrected chi connectivity index (χ2v) is 9.25. The predicted octanol–water partition coefficient (Wildman–Crippen LogP) is 4.06. The highest BCUT2D eigenvalue weighted by atomic mass is 32.2. The molecule has 7 heteroatoms. The third kappa shape index (κ3) is 3.73. The van der Waals surface area contributed by atoms with Crippen molar-refractivity contribution in [3.8, 4) is 0 Å². The van der Waals surface area contributed by atoms with E-state index >= 15 is 0 Å². The fourth-order valence-electron chi connectivity index (χ4n) is 3.60. The van der Waals surface area contributed by atoms with Gasteiger partial charge in [0, 0.05) is 42.1 Å². The van der Waals surface area contributed by atoms with E-state index in [2.05, 4.69) is 59.9 Å². The van der Waals surface area contributed by atoms with Crippen LogP contribution in [0.15, 0.2) is 35.6 Å². The second kappa shape index (κ2) is 8.09. The molecule has 0 N–H and O–H groups in total. The molecule has 0 unspecified atom stereocenters. The summed E-state index contributed by atoms with van der Waals surface area (Å²) in [6.45, 7) is 9.64. The number of fused-ring (bicyclic) bond motifs is 1. The van der Waals surface area contributed by atoms with Crippen molar-refractivity contribution in [2.75, 3.05) is 36.8 Å². The smallest absolute Gasteiger partial charge is 0.233 e. The van der Waals surface area contributed by atoms with E-state index in [0.717, 1.165) is 41.4 Å². The number of aryl methyl sites for hydroxylation is 3. The molecule has 0 saturated carbocycles. The molecule has 0 aliphatic carbocycles. The van der Waals surface area contributed by atoms with Crippen molar-refractivity contribution >= 4 is 44.9 Å². The molecule has 0 spiro atoms.